The number of ether oxygens (including phenoxy) is 2. The van der Waals surface area contributed by atoms with E-state index in [-0.39, 0.29) is 24.5 Å². The van der Waals surface area contributed by atoms with E-state index in [1.165, 1.54) is 18.2 Å². The highest BCUT2D eigenvalue weighted by molar-refractivity contribution is 5.44. The van der Waals surface area contributed by atoms with Crippen molar-refractivity contribution in [3.05, 3.63) is 95.6 Å². The molecule has 0 fully saturated rings. The van der Waals surface area contributed by atoms with Gasteiger partial charge >= 0.3 is 6.18 Å². The Balaban J connectivity index is 1.82. The molecule has 0 radical (unpaired) electrons. The molecule has 0 aliphatic rings. The standard InChI is InChI=1S/C22H20F3NO2/c23-22(24,25)21(26)18-11-12-19(27-14-16-7-3-1-4-8-16)20(13-18)28-15-17-9-5-2-6-10-17/h1-13,21H,14-15,26H2/t21-/m1/s1. The smallest absolute Gasteiger partial charge is 0.407 e. The highest BCUT2D eigenvalue weighted by atomic mass is 19.4. The highest BCUT2D eigenvalue weighted by Gasteiger charge is 2.38. The first-order valence-corrected chi connectivity index (χ1v) is 8.73. The fourth-order valence-electron chi connectivity index (χ4n) is 2.61. The van der Waals surface area contributed by atoms with Gasteiger partial charge in [-0.3, -0.25) is 0 Å². The van der Waals surface area contributed by atoms with Crippen molar-refractivity contribution < 1.29 is 22.6 Å². The molecule has 28 heavy (non-hydrogen) atoms. The summed E-state index contributed by atoms with van der Waals surface area (Å²) in [7, 11) is 0. The Hall–Kier alpha value is -2.99. The Kier molecular flexibility index (Phi) is 6.21. The van der Waals surface area contributed by atoms with Gasteiger partial charge in [-0.2, -0.15) is 13.2 Å². The molecule has 3 rings (SSSR count). The van der Waals surface area contributed by atoms with Gasteiger partial charge in [0.15, 0.2) is 11.5 Å². The van der Waals surface area contributed by atoms with Gasteiger partial charge in [-0.25, -0.2) is 0 Å². The van der Waals surface area contributed by atoms with Gasteiger partial charge in [0, 0.05) is 0 Å². The maximum Gasteiger partial charge on any atom is 0.407 e. The molecule has 0 spiro atoms. The second kappa shape index (κ2) is 8.80. The zero-order chi connectivity index (χ0) is 20.0. The largest absolute Gasteiger partial charge is 0.485 e. The van der Waals surface area contributed by atoms with Crippen LogP contribution in [-0.4, -0.2) is 6.18 Å². The fourth-order valence-corrected chi connectivity index (χ4v) is 2.61. The number of alkyl halides is 3. The van der Waals surface area contributed by atoms with Crippen LogP contribution < -0.4 is 15.2 Å². The van der Waals surface area contributed by atoms with Gasteiger partial charge in [-0.1, -0.05) is 66.7 Å². The van der Waals surface area contributed by atoms with Gasteiger partial charge in [0.2, 0.25) is 0 Å². The van der Waals surface area contributed by atoms with E-state index in [9.17, 15) is 13.2 Å². The molecule has 0 saturated heterocycles. The molecule has 0 heterocycles. The molecular weight excluding hydrogens is 367 g/mol. The molecule has 0 saturated carbocycles. The molecule has 0 amide bonds. The highest BCUT2D eigenvalue weighted by Crippen LogP contribution is 2.36. The van der Waals surface area contributed by atoms with E-state index >= 15 is 0 Å². The maximum atomic E-state index is 13.0. The van der Waals surface area contributed by atoms with Crippen LogP contribution >= 0.6 is 0 Å². The van der Waals surface area contributed by atoms with Crippen LogP contribution in [0.15, 0.2) is 78.9 Å². The van der Waals surface area contributed by atoms with Crippen molar-refractivity contribution in [2.45, 2.75) is 25.4 Å². The van der Waals surface area contributed by atoms with E-state index in [1.54, 1.807) is 0 Å². The lowest BCUT2D eigenvalue weighted by atomic mass is 10.1. The molecule has 0 aliphatic carbocycles. The minimum atomic E-state index is -4.54. The first-order valence-electron chi connectivity index (χ1n) is 8.73. The summed E-state index contributed by atoms with van der Waals surface area (Å²) >= 11 is 0. The van der Waals surface area contributed by atoms with Gasteiger partial charge in [0.1, 0.15) is 19.3 Å². The topological polar surface area (TPSA) is 44.5 Å². The van der Waals surface area contributed by atoms with Crippen molar-refractivity contribution in [2.75, 3.05) is 0 Å². The summed E-state index contributed by atoms with van der Waals surface area (Å²) in [5.41, 5.74) is 7.09. The summed E-state index contributed by atoms with van der Waals surface area (Å²) in [5, 5.41) is 0. The van der Waals surface area contributed by atoms with E-state index in [4.69, 9.17) is 15.2 Å². The molecule has 0 aromatic heterocycles. The summed E-state index contributed by atoms with van der Waals surface area (Å²) in [5.74, 6) is 0.579. The average Bonchev–Trinajstić information content (AvgIpc) is 2.71. The van der Waals surface area contributed by atoms with Crippen LogP contribution in [0.3, 0.4) is 0 Å². The van der Waals surface area contributed by atoms with Crippen LogP contribution in [0.2, 0.25) is 0 Å². The summed E-state index contributed by atoms with van der Waals surface area (Å²) in [6, 6.07) is 20.8. The lowest BCUT2D eigenvalue weighted by molar-refractivity contribution is -0.149. The molecule has 3 nitrogen and oxygen atoms in total. The fraction of sp³-hybridized carbons (Fsp3) is 0.182. The lowest BCUT2D eigenvalue weighted by Gasteiger charge is -2.19. The molecule has 3 aromatic rings. The van der Waals surface area contributed by atoms with Gasteiger partial charge in [0.25, 0.3) is 0 Å². The van der Waals surface area contributed by atoms with Crippen LogP contribution in [0.5, 0.6) is 11.5 Å². The predicted molar refractivity (Wildman–Crippen MR) is 101 cm³/mol. The Morgan fingerprint density at radius 2 is 1.21 bits per heavy atom. The molecule has 0 unspecified atom stereocenters. The van der Waals surface area contributed by atoms with Crippen molar-refractivity contribution in [3.8, 4) is 11.5 Å². The minimum Gasteiger partial charge on any atom is -0.485 e. The predicted octanol–water partition coefficient (Wildman–Crippen LogP) is 5.41. The first-order chi connectivity index (χ1) is 13.4. The number of benzene rings is 3. The van der Waals surface area contributed by atoms with Crippen LogP contribution in [0.4, 0.5) is 13.2 Å². The van der Waals surface area contributed by atoms with Gasteiger partial charge in [-0.15, -0.1) is 0 Å². The van der Waals surface area contributed by atoms with E-state index in [1.807, 2.05) is 60.7 Å². The second-order valence-electron chi connectivity index (χ2n) is 6.27. The minimum absolute atomic E-state index is 0.0809. The van der Waals surface area contributed by atoms with Gasteiger partial charge in [0.05, 0.1) is 0 Å². The number of nitrogens with two attached hydrogens (primary N) is 1. The summed E-state index contributed by atoms with van der Waals surface area (Å²) < 4.78 is 50.5. The first kappa shape index (κ1) is 19.8. The van der Waals surface area contributed by atoms with Crippen molar-refractivity contribution in [1.82, 2.24) is 0 Å². The summed E-state index contributed by atoms with van der Waals surface area (Å²) in [6.45, 7) is 0.473. The van der Waals surface area contributed by atoms with E-state index in [0.29, 0.717) is 5.75 Å². The van der Waals surface area contributed by atoms with Crippen molar-refractivity contribution in [3.63, 3.8) is 0 Å². The van der Waals surface area contributed by atoms with Gasteiger partial charge in [-0.05, 0) is 28.8 Å². The molecule has 2 N–H and O–H groups in total. The van der Waals surface area contributed by atoms with Crippen LogP contribution in [0.25, 0.3) is 0 Å². The third-order valence-corrected chi connectivity index (χ3v) is 4.15. The normalized spacial score (nSPS) is 12.4. The van der Waals surface area contributed by atoms with Crippen molar-refractivity contribution in [1.29, 1.82) is 0 Å². The maximum absolute atomic E-state index is 13.0. The Morgan fingerprint density at radius 3 is 1.71 bits per heavy atom. The average molecular weight is 387 g/mol. The Morgan fingerprint density at radius 1 is 0.714 bits per heavy atom. The van der Waals surface area contributed by atoms with E-state index in [0.717, 1.165) is 11.1 Å². The van der Waals surface area contributed by atoms with E-state index in [2.05, 4.69) is 0 Å². The number of hydrogen-bond donors (Lipinski definition) is 1. The monoisotopic (exact) mass is 387 g/mol. The molecular formula is C22H20F3NO2. The van der Waals surface area contributed by atoms with Crippen molar-refractivity contribution in [2.24, 2.45) is 5.73 Å². The third kappa shape index (κ3) is 5.27. The molecule has 1 atom stereocenters. The number of hydrogen-bond acceptors (Lipinski definition) is 3. The van der Waals surface area contributed by atoms with Crippen LogP contribution in [-0.2, 0) is 13.2 Å². The van der Waals surface area contributed by atoms with E-state index < -0.39 is 12.2 Å². The third-order valence-electron chi connectivity index (χ3n) is 4.15. The summed E-state index contributed by atoms with van der Waals surface area (Å²) in [4.78, 5) is 0. The molecule has 3 aromatic carbocycles. The lowest BCUT2D eigenvalue weighted by Crippen LogP contribution is -2.28. The Bertz CT molecular complexity index is 883. The number of halogens is 3. The van der Waals surface area contributed by atoms with Gasteiger partial charge < -0.3 is 15.2 Å². The zero-order valence-corrected chi connectivity index (χ0v) is 15.0. The zero-order valence-electron chi connectivity index (χ0n) is 15.0. The SMILES string of the molecule is N[C@H](c1ccc(OCc2ccccc2)c(OCc2ccccc2)c1)C(F)(F)F. The number of rotatable bonds is 7. The van der Waals surface area contributed by atoms with Crippen molar-refractivity contribution >= 4 is 0 Å². The molecule has 0 bridgehead atoms. The molecule has 0 aliphatic heterocycles. The molecule has 146 valence electrons. The van der Waals surface area contributed by atoms with Crippen LogP contribution in [0, 0.1) is 0 Å². The second-order valence-corrected chi connectivity index (χ2v) is 6.27. The molecule has 6 heteroatoms. The van der Waals surface area contributed by atoms with Crippen LogP contribution in [0.1, 0.15) is 22.7 Å². The summed E-state index contributed by atoms with van der Waals surface area (Å²) in [6.07, 6.45) is -4.54. The Labute approximate surface area is 161 Å². The quantitative estimate of drug-likeness (QED) is 0.590.